The molecule has 1 aliphatic rings. The number of nitrogens with one attached hydrogen (secondary N) is 1. The number of benzene rings is 3. The van der Waals surface area contributed by atoms with Gasteiger partial charge >= 0.3 is 10.1 Å². The minimum absolute atomic E-state index is 0.0169. The highest BCUT2D eigenvalue weighted by Crippen LogP contribution is 2.29. The van der Waals surface area contributed by atoms with Gasteiger partial charge in [0.1, 0.15) is 10.6 Å². The number of nitro benzene ring substituents is 1. The van der Waals surface area contributed by atoms with Crippen LogP contribution in [0.1, 0.15) is 29.6 Å². The van der Waals surface area contributed by atoms with Crippen LogP contribution in [0, 0.1) is 10.1 Å². The molecule has 0 saturated carbocycles. The molecule has 9 nitrogen and oxygen atoms in total. The van der Waals surface area contributed by atoms with E-state index in [1.165, 1.54) is 48.9 Å². The number of hydrogen-bond donors (Lipinski definition) is 1. The molecule has 176 valence electrons. The van der Waals surface area contributed by atoms with E-state index in [1.807, 2.05) is 24.3 Å². The fraction of sp³-hybridized carbons (Fsp3) is 0.208. The summed E-state index contributed by atoms with van der Waals surface area (Å²) < 4.78 is 30.1. The first kappa shape index (κ1) is 23.2. The highest BCUT2D eigenvalue weighted by atomic mass is 32.2. The summed E-state index contributed by atoms with van der Waals surface area (Å²) in [7, 11) is -4.28. The van der Waals surface area contributed by atoms with E-state index in [4.69, 9.17) is 4.18 Å². The van der Waals surface area contributed by atoms with Gasteiger partial charge < -0.3 is 14.4 Å². The predicted molar refractivity (Wildman–Crippen MR) is 128 cm³/mol. The Balaban J connectivity index is 1.46. The van der Waals surface area contributed by atoms with Crippen molar-refractivity contribution in [3.8, 4) is 5.75 Å². The van der Waals surface area contributed by atoms with Gasteiger partial charge in [-0.2, -0.15) is 8.42 Å². The first-order valence-corrected chi connectivity index (χ1v) is 12.2. The molecule has 0 radical (unpaired) electrons. The van der Waals surface area contributed by atoms with E-state index in [1.54, 1.807) is 0 Å². The van der Waals surface area contributed by atoms with Crippen LogP contribution in [0.3, 0.4) is 0 Å². The number of non-ortho nitro benzene ring substituents is 1. The topological polar surface area (TPSA) is 119 Å². The highest BCUT2D eigenvalue weighted by molar-refractivity contribution is 7.87. The fourth-order valence-electron chi connectivity index (χ4n) is 3.77. The molecule has 1 aliphatic heterocycles. The van der Waals surface area contributed by atoms with Gasteiger partial charge in [0.25, 0.3) is 11.6 Å². The third-order valence-corrected chi connectivity index (χ3v) is 6.73. The van der Waals surface area contributed by atoms with Crippen molar-refractivity contribution >= 4 is 33.1 Å². The smallest absolute Gasteiger partial charge is 0.339 e. The lowest BCUT2D eigenvalue weighted by molar-refractivity contribution is -0.385. The lowest BCUT2D eigenvalue weighted by Gasteiger charge is -2.30. The molecule has 1 saturated heterocycles. The fourth-order valence-corrected chi connectivity index (χ4v) is 4.74. The summed E-state index contributed by atoms with van der Waals surface area (Å²) in [6.45, 7) is 1.88. The molecule has 0 aromatic heterocycles. The maximum absolute atomic E-state index is 12.8. The van der Waals surface area contributed by atoms with Crippen LogP contribution in [0.2, 0.25) is 0 Å². The molecular weight excluding hydrogens is 458 g/mol. The molecule has 3 aromatic rings. The second-order valence-corrected chi connectivity index (χ2v) is 9.38. The van der Waals surface area contributed by atoms with Crippen molar-refractivity contribution in [2.45, 2.75) is 24.2 Å². The van der Waals surface area contributed by atoms with Crippen molar-refractivity contribution in [1.82, 2.24) is 0 Å². The largest absolute Gasteiger partial charge is 0.379 e. The molecule has 1 fully saturated rings. The second kappa shape index (κ2) is 9.92. The zero-order chi connectivity index (χ0) is 24.1. The predicted octanol–water partition coefficient (Wildman–Crippen LogP) is 4.61. The quantitative estimate of drug-likeness (QED) is 0.297. The van der Waals surface area contributed by atoms with Gasteiger partial charge in [-0.1, -0.05) is 18.2 Å². The van der Waals surface area contributed by atoms with Crippen LogP contribution in [0.5, 0.6) is 5.75 Å². The minimum atomic E-state index is -4.28. The summed E-state index contributed by atoms with van der Waals surface area (Å²) in [6, 6.07) is 17.9. The molecule has 0 aliphatic carbocycles. The first-order chi connectivity index (χ1) is 16.3. The van der Waals surface area contributed by atoms with E-state index in [2.05, 4.69) is 10.2 Å². The number of rotatable bonds is 7. The van der Waals surface area contributed by atoms with Gasteiger partial charge in [0.15, 0.2) is 0 Å². The molecule has 4 rings (SSSR count). The first-order valence-electron chi connectivity index (χ1n) is 10.8. The van der Waals surface area contributed by atoms with Crippen molar-refractivity contribution in [3.63, 3.8) is 0 Å². The summed E-state index contributed by atoms with van der Waals surface area (Å²) in [4.78, 5) is 25.0. The number of para-hydroxylation sites is 2. The SMILES string of the molecule is O=C(Nc1ccccc1N1CCCCC1)c1ccc(OS(=O)(=O)c2cccc([N+](=O)[O-])c2)cc1. The van der Waals surface area contributed by atoms with E-state index in [9.17, 15) is 23.3 Å². The van der Waals surface area contributed by atoms with Crippen molar-refractivity contribution in [1.29, 1.82) is 0 Å². The van der Waals surface area contributed by atoms with Gasteiger partial charge in [-0.3, -0.25) is 14.9 Å². The third kappa shape index (κ3) is 5.34. The van der Waals surface area contributed by atoms with E-state index < -0.39 is 15.0 Å². The molecular formula is C24H23N3O6S. The van der Waals surface area contributed by atoms with Gasteiger partial charge in [0.05, 0.1) is 16.3 Å². The lowest BCUT2D eigenvalue weighted by Crippen LogP contribution is -2.30. The van der Waals surface area contributed by atoms with E-state index in [-0.39, 0.29) is 22.2 Å². The number of anilines is 2. The van der Waals surface area contributed by atoms with Crippen LogP contribution in [0.4, 0.5) is 17.1 Å². The zero-order valence-corrected chi connectivity index (χ0v) is 19.0. The van der Waals surface area contributed by atoms with Gasteiger partial charge in [0.2, 0.25) is 0 Å². The maximum Gasteiger partial charge on any atom is 0.339 e. The Labute approximate surface area is 197 Å². The van der Waals surface area contributed by atoms with Crippen LogP contribution in [-0.4, -0.2) is 32.3 Å². The number of carbonyl (C=O) groups excluding carboxylic acids is 1. The van der Waals surface area contributed by atoms with E-state index >= 15 is 0 Å². The summed E-state index contributed by atoms with van der Waals surface area (Å²) in [5, 5.41) is 13.8. The molecule has 1 N–H and O–H groups in total. The molecule has 0 atom stereocenters. The standard InChI is InChI=1S/C24H23N3O6S/c28-24(25-22-9-2-3-10-23(22)26-15-4-1-5-16-26)18-11-13-20(14-12-18)33-34(31,32)21-8-6-7-19(17-21)27(29)30/h2-3,6-14,17H,1,4-5,15-16H2,(H,25,28). The molecule has 3 aromatic carbocycles. The Morgan fingerprint density at radius 1 is 0.941 bits per heavy atom. The number of carbonyl (C=O) groups is 1. The average Bonchev–Trinajstić information content (AvgIpc) is 2.85. The molecule has 0 spiro atoms. The van der Waals surface area contributed by atoms with Crippen LogP contribution >= 0.6 is 0 Å². The molecule has 10 heteroatoms. The Kier molecular flexibility index (Phi) is 6.78. The Bertz CT molecular complexity index is 1300. The summed E-state index contributed by atoms with van der Waals surface area (Å²) in [5.74, 6) is -0.352. The zero-order valence-electron chi connectivity index (χ0n) is 18.2. The van der Waals surface area contributed by atoms with Crippen LogP contribution in [0.15, 0.2) is 77.7 Å². The molecule has 34 heavy (non-hydrogen) atoms. The monoisotopic (exact) mass is 481 g/mol. The number of nitrogens with zero attached hydrogens (tertiary/aromatic N) is 2. The summed E-state index contributed by atoms with van der Waals surface area (Å²) >= 11 is 0. The molecule has 1 heterocycles. The number of piperidine rings is 1. The molecule has 0 bridgehead atoms. The highest BCUT2D eigenvalue weighted by Gasteiger charge is 2.20. The van der Waals surface area contributed by atoms with Gasteiger partial charge in [0, 0.05) is 30.8 Å². The Hall–Kier alpha value is -3.92. The Morgan fingerprint density at radius 2 is 1.65 bits per heavy atom. The number of nitro groups is 1. The van der Waals surface area contributed by atoms with Crippen molar-refractivity contribution in [2.75, 3.05) is 23.3 Å². The van der Waals surface area contributed by atoms with E-state index in [0.29, 0.717) is 11.3 Å². The van der Waals surface area contributed by atoms with Crippen LogP contribution in [0.25, 0.3) is 0 Å². The van der Waals surface area contributed by atoms with Gasteiger partial charge in [-0.25, -0.2) is 0 Å². The van der Waals surface area contributed by atoms with E-state index in [0.717, 1.165) is 37.7 Å². The Morgan fingerprint density at radius 3 is 2.35 bits per heavy atom. The lowest BCUT2D eigenvalue weighted by atomic mass is 10.1. The number of hydrogen-bond acceptors (Lipinski definition) is 7. The summed E-state index contributed by atoms with van der Waals surface area (Å²) in [5.41, 5.74) is 1.65. The second-order valence-electron chi connectivity index (χ2n) is 7.84. The maximum atomic E-state index is 12.8. The van der Waals surface area contributed by atoms with Crippen molar-refractivity contribution in [2.24, 2.45) is 0 Å². The van der Waals surface area contributed by atoms with Crippen molar-refractivity contribution < 1.29 is 22.3 Å². The summed E-state index contributed by atoms with van der Waals surface area (Å²) in [6.07, 6.45) is 3.43. The minimum Gasteiger partial charge on any atom is -0.379 e. The third-order valence-electron chi connectivity index (χ3n) is 5.49. The molecule has 0 unspecified atom stereocenters. The van der Waals surface area contributed by atoms with Gasteiger partial charge in [-0.05, 0) is 61.7 Å². The van der Waals surface area contributed by atoms with Crippen LogP contribution in [-0.2, 0) is 10.1 Å². The van der Waals surface area contributed by atoms with Crippen LogP contribution < -0.4 is 14.4 Å². The van der Waals surface area contributed by atoms with Crippen molar-refractivity contribution in [3.05, 3.63) is 88.5 Å². The normalized spacial score (nSPS) is 13.8. The average molecular weight is 482 g/mol. The number of amides is 1. The van der Waals surface area contributed by atoms with Gasteiger partial charge in [-0.15, -0.1) is 0 Å². The molecule has 1 amide bonds.